The number of methoxy groups -OCH3 is 1. The molecule has 1 fully saturated rings. The van der Waals surface area contributed by atoms with Crippen molar-refractivity contribution in [3.8, 4) is 11.5 Å². The Kier molecular flexibility index (Phi) is 5.22. The summed E-state index contributed by atoms with van der Waals surface area (Å²) in [4.78, 5) is 14.3. The minimum absolute atomic E-state index is 0.00970. The third kappa shape index (κ3) is 3.76. The second-order valence-corrected chi connectivity index (χ2v) is 5.09. The van der Waals surface area contributed by atoms with E-state index in [9.17, 15) is 4.79 Å². The smallest absolute Gasteiger partial charge is 0.253 e. The van der Waals surface area contributed by atoms with E-state index in [4.69, 9.17) is 15.2 Å². The van der Waals surface area contributed by atoms with Crippen LogP contribution in [0.2, 0.25) is 0 Å². The highest BCUT2D eigenvalue weighted by molar-refractivity contribution is 5.95. The maximum absolute atomic E-state index is 12.5. The van der Waals surface area contributed by atoms with Gasteiger partial charge in [0.2, 0.25) is 0 Å². The highest BCUT2D eigenvalue weighted by atomic mass is 16.5. The number of benzene rings is 1. The molecule has 1 aromatic rings. The van der Waals surface area contributed by atoms with Crippen LogP contribution < -0.4 is 15.2 Å². The number of likely N-dealkylation sites (tertiary alicyclic amines) is 1. The molecule has 2 rings (SSSR count). The Balaban J connectivity index is 2.12. The summed E-state index contributed by atoms with van der Waals surface area (Å²) in [6, 6.07) is 5.44. The van der Waals surface area contributed by atoms with Crippen LogP contribution >= 0.6 is 0 Å². The fraction of sp³-hybridized carbons (Fsp3) is 0.438. The Morgan fingerprint density at radius 2 is 2.14 bits per heavy atom. The fourth-order valence-corrected chi connectivity index (χ4v) is 2.35. The number of nitrogens with zero attached hydrogens (tertiary/aromatic N) is 1. The maximum Gasteiger partial charge on any atom is 0.253 e. The lowest BCUT2D eigenvalue weighted by Gasteiger charge is -2.30. The van der Waals surface area contributed by atoms with Gasteiger partial charge in [0, 0.05) is 24.7 Å². The van der Waals surface area contributed by atoms with Crippen LogP contribution in [-0.4, -0.2) is 43.7 Å². The van der Waals surface area contributed by atoms with E-state index < -0.39 is 0 Å². The highest BCUT2D eigenvalue weighted by Gasteiger charge is 2.22. The van der Waals surface area contributed by atoms with Crippen LogP contribution in [0.1, 0.15) is 23.2 Å². The molecule has 1 amide bonds. The normalized spacial score (nSPS) is 15.6. The topological polar surface area (TPSA) is 64.8 Å². The van der Waals surface area contributed by atoms with E-state index in [1.54, 1.807) is 31.4 Å². The van der Waals surface area contributed by atoms with Gasteiger partial charge in [0.05, 0.1) is 7.11 Å². The summed E-state index contributed by atoms with van der Waals surface area (Å²) in [7, 11) is 1.56. The van der Waals surface area contributed by atoms with Gasteiger partial charge in [-0.1, -0.05) is 12.7 Å². The van der Waals surface area contributed by atoms with Gasteiger partial charge < -0.3 is 20.1 Å². The van der Waals surface area contributed by atoms with Gasteiger partial charge in [-0.05, 0) is 31.0 Å². The minimum atomic E-state index is 0.00970. The summed E-state index contributed by atoms with van der Waals surface area (Å²) in [5.74, 6) is 1.17. The lowest BCUT2D eigenvalue weighted by molar-refractivity contribution is 0.0714. The SMILES string of the molecule is C=CCOc1ccc(C(=O)N2CCC(N)CC2)cc1OC. The molecule has 1 heterocycles. The van der Waals surface area contributed by atoms with E-state index in [1.165, 1.54) is 0 Å². The Morgan fingerprint density at radius 1 is 1.43 bits per heavy atom. The summed E-state index contributed by atoms with van der Waals surface area (Å²) in [6.45, 7) is 5.41. The Bertz CT molecular complexity index is 508. The van der Waals surface area contributed by atoms with Crippen LogP contribution in [0.15, 0.2) is 30.9 Å². The summed E-state index contributed by atoms with van der Waals surface area (Å²) < 4.78 is 10.8. The van der Waals surface area contributed by atoms with Crippen molar-refractivity contribution in [3.63, 3.8) is 0 Å². The van der Waals surface area contributed by atoms with E-state index >= 15 is 0 Å². The first-order chi connectivity index (χ1) is 10.2. The maximum atomic E-state index is 12.5. The van der Waals surface area contributed by atoms with Crippen LogP contribution in [0, 0.1) is 0 Å². The van der Waals surface area contributed by atoms with E-state index in [0.29, 0.717) is 36.8 Å². The zero-order valence-electron chi connectivity index (χ0n) is 12.4. The Morgan fingerprint density at radius 3 is 2.76 bits per heavy atom. The van der Waals surface area contributed by atoms with Gasteiger partial charge in [-0.25, -0.2) is 0 Å². The van der Waals surface area contributed by atoms with Crippen molar-refractivity contribution >= 4 is 5.91 Å². The summed E-state index contributed by atoms with van der Waals surface area (Å²) in [5.41, 5.74) is 6.47. The molecule has 0 unspecified atom stereocenters. The number of rotatable bonds is 5. The second kappa shape index (κ2) is 7.13. The molecule has 5 heteroatoms. The number of ether oxygens (including phenoxy) is 2. The number of hydrogen-bond donors (Lipinski definition) is 1. The predicted octanol–water partition coefficient (Wildman–Crippen LogP) is 1.82. The molecule has 0 saturated carbocycles. The largest absolute Gasteiger partial charge is 0.493 e. The molecular formula is C16H22N2O3. The van der Waals surface area contributed by atoms with Crippen LogP contribution in [-0.2, 0) is 0 Å². The molecule has 5 nitrogen and oxygen atoms in total. The highest BCUT2D eigenvalue weighted by Crippen LogP contribution is 2.29. The van der Waals surface area contributed by atoms with Crippen LogP contribution in [0.25, 0.3) is 0 Å². The molecule has 0 atom stereocenters. The fourth-order valence-electron chi connectivity index (χ4n) is 2.35. The van der Waals surface area contributed by atoms with Crippen molar-refractivity contribution in [1.29, 1.82) is 0 Å². The van der Waals surface area contributed by atoms with Gasteiger partial charge in [-0.2, -0.15) is 0 Å². The lowest BCUT2D eigenvalue weighted by Crippen LogP contribution is -2.42. The number of carbonyl (C=O) groups is 1. The number of carbonyl (C=O) groups excluding carboxylic acids is 1. The van der Waals surface area contributed by atoms with Crippen LogP contribution in [0.4, 0.5) is 0 Å². The van der Waals surface area contributed by atoms with Gasteiger partial charge in [0.1, 0.15) is 6.61 Å². The van der Waals surface area contributed by atoms with Gasteiger partial charge >= 0.3 is 0 Å². The molecule has 1 saturated heterocycles. The summed E-state index contributed by atoms with van der Waals surface area (Å²) >= 11 is 0. The van der Waals surface area contributed by atoms with Crippen molar-refractivity contribution in [3.05, 3.63) is 36.4 Å². The average molecular weight is 290 g/mol. The summed E-state index contributed by atoms with van der Waals surface area (Å²) in [6.07, 6.45) is 3.36. The van der Waals surface area contributed by atoms with Gasteiger partial charge in [-0.3, -0.25) is 4.79 Å². The van der Waals surface area contributed by atoms with Crippen molar-refractivity contribution in [2.24, 2.45) is 5.73 Å². The number of amides is 1. The van der Waals surface area contributed by atoms with Gasteiger partial charge in [-0.15, -0.1) is 0 Å². The third-order valence-electron chi connectivity index (χ3n) is 3.59. The monoisotopic (exact) mass is 290 g/mol. The van der Waals surface area contributed by atoms with Crippen molar-refractivity contribution in [2.75, 3.05) is 26.8 Å². The van der Waals surface area contributed by atoms with Gasteiger partial charge in [0.15, 0.2) is 11.5 Å². The Labute approximate surface area is 125 Å². The van der Waals surface area contributed by atoms with E-state index in [1.807, 2.05) is 4.90 Å². The average Bonchev–Trinajstić information content (AvgIpc) is 2.52. The second-order valence-electron chi connectivity index (χ2n) is 5.09. The standard InChI is InChI=1S/C16H22N2O3/c1-3-10-21-14-5-4-12(11-15(14)20-2)16(19)18-8-6-13(17)7-9-18/h3-5,11,13H,1,6-10,17H2,2H3. The molecular weight excluding hydrogens is 268 g/mol. The van der Waals surface area contributed by atoms with Crippen molar-refractivity contribution in [2.45, 2.75) is 18.9 Å². The lowest BCUT2D eigenvalue weighted by atomic mass is 10.0. The number of nitrogens with two attached hydrogens (primary N) is 1. The molecule has 0 spiro atoms. The van der Waals surface area contributed by atoms with E-state index in [-0.39, 0.29) is 11.9 Å². The Hall–Kier alpha value is -2.01. The van der Waals surface area contributed by atoms with Crippen molar-refractivity contribution < 1.29 is 14.3 Å². The first-order valence-corrected chi connectivity index (χ1v) is 7.12. The van der Waals surface area contributed by atoms with E-state index in [2.05, 4.69) is 6.58 Å². The van der Waals surface area contributed by atoms with E-state index in [0.717, 1.165) is 12.8 Å². The zero-order valence-corrected chi connectivity index (χ0v) is 12.4. The summed E-state index contributed by atoms with van der Waals surface area (Å²) in [5, 5.41) is 0. The molecule has 0 bridgehead atoms. The molecule has 21 heavy (non-hydrogen) atoms. The van der Waals surface area contributed by atoms with Crippen LogP contribution in [0.3, 0.4) is 0 Å². The zero-order chi connectivity index (χ0) is 15.2. The number of hydrogen-bond acceptors (Lipinski definition) is 4. The molecule has 2 N–H and O–H groups in total. The predicted molar refractivity (Wildman–Crippen MR) is 81.8 cm³/mol. The quantitative estimate of drug-likeness (QED) is 0.840. The molecule has 1 aliphatic rings. The number of piperidine rings is 1. The first kappa shape index (κ1) is 15.4. The van der Waals surface area contributed by atoms with Crippen LogP contribution in [0.5, 0.6) is 11.5 Å². The van der Waals surface area contributed by atoms with Crippen molar-refractivity contribution in [1.82, 2.24) is 4.90 Å². The molecule has 0 aliphatic carbocycles. The van der Waals surface area contributed by atoms with Gasteiger partial charge in [0.25, 0.3) is 5.91 Å². The third-order valence-corrected chi connectivity index (χ3v) is 3.59. The molecule has 1 aliphatic heterocycles. The first-order valence-electron chi connectivity index (χ1n) is 7.12. The minimum Gasteiger partial charge on any atom is -0.493 e. The molecule has 0 radical (unpaired) electrons. The molecule has 0 aromatic heterocycles. The molecule has 1 aromatic carbocycles. The molecule has 114 valence electrons.